The topological polar surface area (TPSA) is 18.0 Å². The van der Waals surface area contributed by atoms with E-state index in [-0.39, 0.29) is 0 Å². The maximum absolute atomic E-state index is 5.29. The maximum Gasteiger partial charge on any atom is 0.195 e. The molecule has 0 saturated heterocycles. The predicted molar refractivity (Wildman–Crippen MR) is 53.5 cm³/mol. The molecule has 0 fully saturated rings. The quantitative estimate of drug-likeness (QED) is 0.651. The Hall–Kier alpha value is -1.77. The summed E-state index contributed by atoms with van der Waals surface area (Å²) in [5.74, 6) is 0.874. The minimum atomic E-state index is 0.874. The minimum Gasteiger partial charge on any atom is -0.494 e. The van der Waals surface area contributed by atoms with E-state index in [2.05, 4.69) is 0 Å². The zero-order valence-electron chi connectivity index (χ0n) is 8.34. The SMILES string of the molecule is COc1ccccc1-n1ccc[n+]1C. The zero-order chi connectivity index (χ0) is 9.97. The van der Waals surface area contributed by atoms with Gasteiger partial charge in [0.15, 0.2) is 13.2 Å². The lowest BCUT2D eigenvalue weighted by atomic mass is 10.3. The minimum absolute atomic E-state index is 0.874. The van der Waals surface area contributed by atoms with E-state index in [4.69, 9.17) is 4.74 Å². The molecule has 0 aliphatic heterocycles. The van der Waals surface area contributed by atoms with Crippen molar-refractivity contribution in [2.45, 2.75) is 0 Å². The molecule has 3 heteroatoms. The Labute approximate surface area is 83.1 Å². The lowest BCUT2D eigenvalue weighted by molar-refractivity contribution is -0.744. The number of aryl methyl sites for hydroxylation is 1. The number of ether oxygens (including phenoxy) is 1. The molecule has 0 amide bonds. The number of methoxy groups -OCH3 is 1. The van der Waals surface area contributed by atoms with E-state index in [1.54, 1.807) is 7.11 Å². The van der Waals surface area contributed by atoms with Crippen LogP contribution in [0.5, 0.6) is 5.75 Å². The van der Waals surface area contributed by atoms with Gasteiger partial charge < -0.3 is 4.74 Å². The van der Waals surface area contributed by atoms with Crippen LogP contribution >= 0.6 is 0 Å². The summed E-state index contributed by atoms with van der Waals surface area (Å²) in [6.45, 7) is 0. The highest BCUT2D eigenvalue weighted by atomic mass is 16.5. The molecule has 2 aromatic rings. The second kappa shape index (κ2) is 3.54. The van der Waals surface area contributed by atoms with Gasteiger partial charge in [-0.3, -0.25) is 0 Å². The largest absolute Gasteiger partial charge is 0.494 e. The normalized spacial score (nSPS) is 10.1. The monoisotopic (exact) mass is 189 g/mol. The molecule has 0 bridgehead atoms. The molecule has 72 valence electrons. The van der Waals surface area contributed by atoms with Crippen LogP contribution in [0.2, 0.25) is 0 Å². The number of aromatic nitrogens is 2. The van der Waals surface area contributed by atoms with E-state index in [1.807, 2.05) is 59.1 Å². The van der Waals surface area contributed by atoms with Crippen LogP contribution in [0.4, 0.5) is 0 Å². The van der Waals surface area contributed by atoms with E-state index in [0.717, 1.165) is 11.4 Å². The summed E-state index contributed by atoms with van der Waals surface area (Å²) in [6, 6.07) is 9.93. The van der Waals surface area contributed by atoms with Crippen LogP contribution in [0.1, 0.15) is 0 Å². The number of hydrogen-bond donors (Lipinski definition) is 0. The molecule has 3 nitrogen and oxygen atoms in total. The second-order valence-electron chi connectivity index (χ2n) is 3.08. The van der Waals surface area contributed by atoms with Crippen molar-refractivity contribution in [2.24, 2.45) is 7.05 Å². The van der Waals surface area contributed by atoms with Crippen molar-refractivity contribution in [3.05, 3.63) is 42.7 Å². The van der Waals surface area contributed by atoms with Crippen molar-refractivity contribution >= 4 is 0 Å². The number of nitrogens with zero attached hydrogens (tertiary/aromatic N) is 2. The average molecular weight is 189 g/mol. The Morgan fingerprint density at radius 2 is 2.00 bits per heavy atom. The molecule has 0 saturated carbocycles. The summed E-state index contributed by atoms with van der Waals surface area (Å²) >= 11 is 0. The van der Waals surface area contributed by atoms with Crippen molar-refractivity contribution in [2.75, 3.05) is 7.11 Å². The molecule has 0 spiro atoms. The molecule has 0 aliphatic rings. The summed E-state index contributed by atoms with van der Waals surface area (Å²) in [4.78, 5) is 0. The molecular formula is C11H13N2O+. The molecule has 0 radical (unpaired) electrons. The molecule has 1 heterocycles. The third kappa shape index (κ3) is 1.37. The standard InChI is InChI=1S/C11H13N2O/c1-12-8-5-9-13(12)10-6-3-4-7-11(10)14-2/h3-9H,1-2H3/q+1. The highest BCUT2D eigenvalue weighted by Crippen LogP contribution is 2.19. The molecule has 1 aromatic heterocycles. The summed E-state index contributed by atoms with van der Waals surface area (Å²) in [5, 5.41) is 0. The lowest BCUT2D eigenvalue weighted by Gasteiger charge is -2.05. The highest BCUT2D eigenvalue weighted by Gasteiger charge is 2.09. The van der Waals surface area contributed by atoms with Gasteiger partial charge >= 0.3 is 0 Å². The summed E-state index contributed by atoms with van der Waals surface area (Å²) in [7, 11) is 3.68. The van der Waals surface area contributed by atoms with Crippen molar-refractivity contribution in [3.63, 3.8) is 0 Å². The van der Waals surface area contributed by atoms with Gasteiger partial charge in [-0.15, -0.1) is 9.36 Å². The van der Waals surface area contributed by atoms with Crippen LogP contribution in [0, 0.1) is 0 Å². The fraction of sp³-hybridized carbons (Fsp3) is 0.182. The third-order valence-corrected chi connectivity index (χ3v) is 2.20. The van der Waals surface area contributed by atoms with Crippen molar-refractivity contribution in [3.8, 4) is 11.4 Å². The van der Waals surface area contributed by atoms with E-state index >= 15 is 0 Å². The fourth-order valence-corrected chi connectivity index (χ4v) is 1.49. The predicted octanol–water partition coefficient (Wildman–Crippen LogP) is 1.31. The first kappa shape index (κ1) is 8.81. The molecule has 0 N–H and O–H groups in total. The summed E-state index contributed by atoms with van der Waals surface area (Å²) in [6.07, 6.45) is 3.99. The van der Waals surface area contributed by atoms with Crippen LogP contribution in [0.15, 0.2) is 42.7 Å². The maximum atomic E-state index is 5.29. The van der Waals surface area contributed by atoms with Gasteiger partial charge in [0, 0.05) is 6.07 Å². The van der Waals surface area contributed by atoms with E-state index in [0.29, 0.717) is 0 Å². The molecule has 0 unspecified atom stereocenters. The molecule has 1 aromatic carbocycles. The number of hydrogen-bond acceptors (Lipinski definition) is 1. The van der Waals surface area contributed by atoms with Crippen LogP contribution in [-0.4, -0.2) is 11.8 Å². The van der Waals surface area contributed by atoms with Gasteiger partial charge in [0.05, 0.1) is 13.3 Å². The van der Waals surface area contributed by atoms with Gasteiger partial charge in [-0.1, -0.05) is 12.1 Å². The number of benzene rings is 1. The van der Waals surface area contributed by atoms with Crippen molar-refractivity contribution in [1.82, 2.24) is 4.68 Å². The Bertz CT molecular complexity index is 434. The van der Waals surface area contributed by atoms with Gasteiger partial charge in [0.1, 0.15) is 11.4 Å². The van der Waals surface area contributed by atoms with Gasteiger partial charge in [-0.2, -0.15) is 0 Å². The van der Waals surface area contributed by atoms with E-state index in [1.165, 1.54) is 0 Å². The van der Waals surface area contributed by atoms with Crippen LogP contribution in [0.25, 0.3) is 5.69 Å². The van der Waals surface area contributed by atoms with Crippen molar-refractivity contribution < 1.29 is 9.42 Å². The zero-order valence-corrected chi connectivity index (χ0v) is 8.34. The smallest absolute Gasteiger partial charge is 0.195 e. The van der Waals surface area contributed by atoms with E-state index in [9.17, 15) is 0 Å². The first-order valence-electron chi connectivity index (χ1n) is 4.49. The van der Waals surface area contributed by atoms with Gasteiger partial charge in [-0.25, -0.2) is 0 Å². The Balaban J connectivity index is 2.56. The first-order chi connectivity index (χ1) is 6.83. The summed E-state index contributed by atoms with van der Waals surface area (Å²) < 4.78 is 9.31. The third-order valence-electron chi connectivity index (χ3n) is 2.20. The van der Waals surface area contributed by atoms with E-state index < -0.39 is 0 Å². The Morgan fingerprint density at radius 3 is 2.64 bits per heavy atom. The van der Waals surface area contributed by atoms with Gasteiger partial charge in [0.2, 0.25) is 0 Å². The molecule has 0 atom stereocenters. The molecule has 2 rings (SSSR count). The molecule has 14 heavy (non-hydrogen) atoms. The molecule has 0 aliphatic carbocycles. The van der Waals surface area contributed by atoms with Crippen LogP contribution < -0.4 is 9.42 Å². The Morgan fingerprint density at radius 1 is 1.21 bits per heavy atom. The number of rotatable bonds is 2. The lowest BCUT2D eigenvalue weighted by Crippen LogP contribution is -2.36. The van der Waals surface area contributed by atoms with Gasteiger partial charge in [-0.05, 0) is 12.1 Å². The highest BCUT2D eigenvalue weighted by molar-refractivity contribution is 5.44. The van der Waals surface area contributed by atoms with Crippen LogP contribution in [-0.2, 0) is 7.05 Å². The fourth-order valence-electron chi connectivity index (χ4n) is 1.49. The first-order valence-corrected chi connectivity index (χ1v) is 4.49. The second-order valence-corrected chi connectivity index (χ2v) is 3.08. The molecular weight excluding hydrogens is 176 g/mol. The Kier molecular flexibility index (Phi) is 2.23. The van der Waals surface area contributed by atoms with Gasteiger partial charge in [0.25, 0.3) is 0 Å². The van der Waals surface area contributed by atoms with Crippen molar-refractivity contribution in [1.29, 1.82) is 0 Å². The average Bonchev–Trinajstić information content (AvgIpc) is 2.64. The van der Waals surface area contributed by atoms with Crippen LogP contribution in [0.3, 0.4) is 0 Å². The number of para-hydroxylation sites is 2. The summed E-state index contributed by atoms with van der Waals surface area (Å²) in [5.41, 5.74) is 1.04.